The topological polar surface area (TPSA) is 74.7 Å². The van der Waals surface area contributed by atoms with Gasteiger partial charge in [0, 0.05) is 17.1 Å². The minimum Gasteiger partial charge on any atom is -0.494 e. The quantitative estimate of drug-likeness (QED) is 0.568. The fourth-order valence-corrected chi connectivity index (χ4v) is 2.35. The molecule has 0 spiro atoms. The molecule has 0 fully saturated rings. The molecule has 0 aliphatic carbocycles. The van der Waals surface area contributed by atoms with Gasteiger partial charge >= 0.3 is 5.97 Å². The summed E-state index contributed by atoms with van der Waals surface area (Å²) in [6.45, 7) is 2.09. The van der Waals surface area contributed by atoms with Gasteiger partial charge in [-0.2, -0.15) is 0 Å². The van der Waals surface area contributed by atoms with Crippen LogP contribution >= 0.6 is 0 Å². The number of benzene rings is 2. The second-order valence-electron chi connectivity index (χ2n) is 4.96. The lowest BCUT2D eigenvalue weighted by Gasteiger charge is -2.02. The molecule has 116 valence electrons. The van der Waals surface area contributed by atoms with Crippen molar-refractivity contribution >= 4 is 28.8 Å². The number of aliphatic imine (C=N–C) groups is 1. The summed E-state index contributed by atoms with van der Waals surface area (Å²) in [6, 6.07) is 14.4. The number of para-hydroxylation sites is 1. The molecule has 5 nitrogen and oxygen atoms in total. The zero-order chi connectivity index (χ0) is 16.2. The Balaban J connectivity index is 1.92. The number of nitrogens with one attached hydrogen (secondary N) is 1. The average molecular weight is 308 g/mol. The van der Waals surface area contributed by atoms with E-state index >= 15 is 0 Å². The lowest BCUT2D eigenvalue weighted by molar-refractivity contribution is 0.0526. The summed E-state index contributed by atoms with van der Waals surface area (Å²) in [5, 5.41) is 10.9. The number of esters is 1. The van der Waals surface area contributed by atoms with Gasteiger partial charge in [-0.3, -0.25) is 4.99 Å². The van der Waals surface area contributed by atoms with Crippen LogP contribution < -0.4 is 0 Å². The van der Waals surface area contributed by atoms with Gasteiger partial charge in [0.1, 0.15) is 0 Å². The van der Waals surface area contributed by atoms with Gasteiger partial charge in [0.15, 0.2) is 5.88 Å². The van der Waals surface area contributed by atoms with E-state index in [4.69, 9.17) is 4.74 Å². The molecule has 1 heterocycles. The van der Waals surface area contributed by atoms with E-state index in [1.165, 1.54) is 0 Å². The molecular formula is C18H16N2O3. The first-order chi connectivity index (χ1) is 11.2. The molecular weight excluding hydrogens is 292 g/mol. The van der Waals surface area contributed by atoms with Crippen LogP contribution in [0.15, 0.2) is 53.5 Å². The molecule has 0 saturated heterocycles. The molecule has 0 saturated carbocycles. The highest BCUT2D eigenvalue weighted by atomic mass is 16.5. The molecule has 3 aromatic rings. The van der Waals surface area contributed by atoms with Crippen molar-refractivity contribution in [2.45, 2.75) is 6.92 Å². The van der Waals surface area contributed by atoms with Gasteiger partial charge in [-0.25, -0.2) is 4.79 Å². The number of H-pyrrole nitrogens is 1. The van der Waals surface area contributed by atoms with Crippen LogP contribution in [0.4, 0.5) is 5.69 Å². The van der Waals surface area contributed by atoms with Crippen LogP contribution in [0.25, 0.3) is 10.9 Å². The number of aromatic amines is 1. The van der Waals surface area contributed by atoms with Crippen LogP contribution in [0, 0.1) is 0 Å². The van der Waals surface area contributed by atoms with E-state index in [0.29, 0.717) is 23.4 Å². The van der Waals surface area contributed by atoms with Crippen molar-refractivity contribution in [2.75, 3.05) is 6.61 Å². The van der Waals surface area contributed by atoms with E-state index in [2.05, 4.69) is 9.98 Å². The number of nitrogens with zero attached hydrogens (tertiary/aromatic N) is 1. The highest BCUT2D eigenvalue weighted by molar-refractivity contribution is 6.02. The number of carbonyl (C=O) groups excluding carboxylic acids is 1. The molecule has 0 bridgehead atoms. The van der Waals surface area contributed by atoms with Crippen LogP contribution in [0.3, 0.4) is 0 Å². The van der Waals surface area contributed by atoms with Gasteiger partial charge < -0.3 is 14.8 Å². The third kappa shape index (κ3) is 3.08. The summed E-state index contributed by atoms with van der Waals surface area (Å²) in [4.78, 5) is 19.0. The zero-order valence-corrected chi connectivity index (χ0v) is 12.6. The SMILES string of the molecule is CCOC(=O)c1cccc(N=Cc2c(O)[nH]c3ccccc23)c1. The summed E-state index contributed by atoms with van der Waals surface area (Å²) in [6.07, 6.45) is 1.58. The molecule has 0 radical (unpaired) electrons. The molecule has 2 aromatic carbocycles. The van der Waals surface area contributed by atoms with Crippen molar-refractivity contribution in [2.24, 2.45) is 4.99 Å². The third-order valence-corrected chi connectivity index (χ3v) is 3.43. The number of aromatic hydroxyl groups is 1. The fourth-order valence-electron chi connectivity index (χ4n) is 2.35. The van der Waals surface area contributed by atoms with Crippen molar-refractivity contribution in [3.8, 4) is 5.88 Å². The van der Waals surface area contributed by atoms with Crippen LogP contribution in [-0.2, 0) is 4.74 Å². The van der Waals surface area contributed by atoms with Crippen molar-refractivity contribution in [3.63, 3.8) is 0 Å². The van der Waals surface area contributed by atoms with Crippen LogP contribution in [-0.4, -0.2) is 28.9 Å². The molecule has 0 aliphatic heterocycles. The predicted molar refractivity (Wildman–Crippen MR) is 89.6 cm³/mol. The summed E-state index contributed by atoms with van der Waals surface area (Å²) in [7, 11) is 0. The average Bonchev–Trinajstić information content (AvgIpc) is 2.89. The van der Waals surface area contributed by atoms with E-state index in [-0.39, 0.29) is 11.8 Å². The number of carbonyl (C=O) groups is 1. The van der Waals surface area contributed by atoms with Crippen molar-refractivity contribution < 1.29 is 14.6 Å². The highest BCUT2D eigenvalue weighted by Crippen LogP contribution is 2.26. The van der Waals surface area contributed by atoms with E-state index in [0.717, 1.165) is 10.9 Å². The van der Waals surface area contributed by atoms with E-state index in [1.54, 1.807) is 37.4 Å². The van der Waals surface area contributed by atoms with Crippen molar-refractivity contribution in [1.29, 1.82) is 0 Å². The molecule has 23 heavy (non-hydrogen) atoms. The maximum atomic E-state index is 11.7. The highest BCUT2D eigenvalue weighted by Gasteiger charge is 2.09. The first kappa shape index (κ1) is 14.8. The van der Waals surface area contributed by atoms with Gasteiger partial charge in [0.2, 0.25) is 0 Å². The molecule has 0 amide bonds. The van der Waals surface area contributed by atoms with Gasteiger partial charge in [0.05, 0.1) is 23.4 Å². The second kappa shape index (κ2) is 6.36. The number of aromatic nitrogens is 1. The maximum Gasteiger partial charge on any atom is 0.338 e. The number of hydrogen-bond acceptors (Lipinski definition) is 4. The van der Waals surface area contributed by atoms with Crippen LogP contribution in [0.5, 0.6) is 5.88 Å². The number of fused-ring (bicyclic) bond motifs is 1. The van der Waals surface area contributed by atoms with Gasteiger partial charge in [-0.05, 0) is 31.2 Å². The summed E-state index contributed by atoms with van der Waals surface area (Å²) in [5.41, 5.74) is 2.51. The predicted octanol–water partition coefficient (Wildman–Crippen LogP) is 3.80. The molecule has 0 atom stereocenters. The first-order valence-electron chi connectivity index (χ1n) is 7.30. The molecule has 5 heteroatoms. The van der Waals surface area contributed by atoms with Gasteiger partial charge in [-0.1, -0.05) is 24.3 Å². The second-order valence-corrected chi connectivity index (χ2v) is 4.96. The normalized spacial score (nSPS) is 11.2. The monoisotopic (exact) mass is 308 g/mol. The van der Waals surface area contributed by atoms with Crippen LogP contribution in [0.2, 0.25) is 0 Å². The molecule has 3 rings (SSSR count). The van der Waals surface area contributed by atoms with E-state index < -0.39 is 0 Å². The standard InChI is InChI=1S/C18H16N2O3/c1-2-23-18(22)12-6-5-7-13(10-12)19-11-15-14-8-3-4-9-16(14)20-17(15)21/h3-11,20-21H,2H2,1H3. The Labute approximate surface area is 133 Å². The largest absolute Gasteiger partial charge is 0.494 e. The molecule has 0 aliphatic rings. The van der Waals surface area contributed by atoms with E-state index in [9.17, 15) is 9.90 Å². The van der Waals surface area contributed by atoms with E-state index in [1.807, 2.05) is 24.3 Å². The summed E-state index contributed by atoms with van der Waals surface area (Å²) < 4.78 is 4.97. The minimum atomic E-state index is -0.375. The Kier molecular flexibility index (Phi) is 4.10. The van der Waals surface area contributed by atoms with Crippen molar-refractivity contribution in [1.82, 2.24) is 4.98 Å². The number of ether oxygens (including phenoxy) is 1. The minimum absolute atomic E-state index is 0.0662. The Morgan fingerprint density at radius 2 is 2.09 bits per heavy atom. The van der Waals surface area contributed by atoms with Crippen LogP contribution in [0.1, 0.15) is 22.8 Å². The number of hydrogen-bond donors (Lipinski definition) is 2. The molecule has 0 unspecified atom stereocenters. The lowest BCUT2D eigenvalue weighted by Crippen LogP contribution is -2.03. The lowest BCUT2D eigenvalue weighted by atomic mass is 10.2. The molecule has 1 aromatic heterocycles. The van der Waals surface area contributed by atoms with Crippen molar-refractivity contribution in [3.05, 3.63) is 59.7 Å². The number of rotatable bonds is 4. The van der Waals surface area contributed by atoms with Gasteiger partial charge in [0.25, 0.3) is 0 Å². The zero-order valence-electron chi connectivity index (χ0n) is 12.6. The Bertz CT molecular complexity index is 881. The first-order valence-corrected chi connectivity index (χ1v) is 7.30. The van der Waals surface area contributed by atoms with Gasteiger partial charge in [-0.15, -0.1) is 0 Å². The summed E-state index contributed by atoms with van der Waals surface area (Å²) >= 11 is 0. The third-order valence-electron chi connectivity index (χ3n) is 3.43. The Morgan fingerprint density at radius 3 is 2.91 bits per heavy atom. The fraction of sp³-hybridized carbons (Fsp3) is 0.111. The Morgan fingerprint density at radius 1 is 1.26 bits per heavy atom. The summed E-state index contributed by atoms with van der Waals surface area (Å²) in [5.74, 6) is -0.309. The smallest absolute Gasteiger partial charge is 0.338 e. The maximum absolute atomic E-state index is 11.7. The Hall–Kier alpha value is -3.08. The molecule has 2 N–H and O–H groups in total.